The Bertz CT molecular complexity index is 499. The first-order chi connectivity index (χ1) is 8.73. The van der Waals surface area contributed by atoms with E-state index in [1.807, 2.05) is 5.32 Å². The number of likely N-dealkylation sites (N-methyl/N-ethyl adjacent to an activating group) is 1. The molecule has 0 bridgehead atoms. The number of carbonyl (C=O) groups excluding carboxylic acids is 1. The minimum Gasteiger partial charge on any atom is -0.480 e. The van der Waals surface area contributed by atoms with Crippen LogP contribution in [-0.2, 0) is 4.79 Å². The number of nitrogens with zero attached hydrogens (tertiary/aromatic N) is 1. The molecule has 0 aliphatic rings. The highest BCUT2D eigenvalue weighted by atomic mass is 19.1. The quantitative estimate of drug-likeness (QED) is 0.887. The molecule has 1 atom stereocenters. The van der Waals surface area contributed by atoms with Crippen molar-refractivity contribution in [1.82, 2.24) is 4.90 Å². The van der Waals surface area contributed by atoms with Gasteiger partial charge in [-0.05, 0) is 6.92 Å². The second-order valence-corrected chi connectivity index (χ2v) is 3.80. The van der Waals surface area contributed by atoms with Gasteiger partial charge < -0.3 is 15.3 Å². The van der Waals surface area contributed by atoms with Crippen LogP contribution in [0.1, 0.15) is 6.92 Å². The van der Waals surface area contributed by atoms with E-state index in [0.29, 0.717) is 12.1 Å². The summed E-state index contributed by atoms with van der Waals surface area (Å²) >= 11 is 0. The monoisotopic (exact) mass is 276 g/mol. The lowest BCUT2D eigenvalue weighted by atomic mass is 10.2. The molecule has 1 unspecified atom stereocenters. The third-order valence-corrected chi connectivity index (χ3v) is 2.50. The first-order valence-electron chi connectivity index (χ1n) is 5.15. The predicted molar refractivity (Wildman–Crippen MR) is 60.2 cm³/mol. The summed E-state index contributed by atoms with van der Waals surface area (Å²) in [5.41, 5.74) is -0.837. The number of aliphatic carboxylic acids is 1. The molecule has 0 aliphatic heterocycles. The second kappa shape index (κ2) is 5.59. The van der Waals surface area contributed by atoms with E-state index in [1.165, 1.54) is 6.92 Å². The van der Waals surface area contributed by atoms with Crippen molar-refractivity contribution in [3.8, 4) is 0 Å². The summed E-state index contributed by atoms with van der Waals surface area (Å²) in [5.74, 6) is -4.98. The molecule has 0 aliphatic carbocycles. The second-order valence-electron chi connectivity index (χ2n) is 3.80. The molecular formula is C11H11F3N2O3. The molecule has 1 aromatic rings. The standard InChI is InChI=1S/C11H11F3N2O3/c1-5(10(17)18)16(2)11(19)15-9-7(13)3-6(12)4-8(9)14/h3-5H,1-2H3,(H,15,19)(H,17,18). The number of hydrogen-bond acceptors (Lipinski definition) is 2. The molecule has 104 valence electrons. The fraction of sp³-hybridized carbons (Fsp3) is 0.273. The number of hydrogen-bond donors (Lipinski definition) is 2. The van der Waals surface area contributed by atoms with Crippen LogP contribution in [0.5, 0.6) is 0 Å². The maximum absolute atomic E-state index is 13.3. The van der Waals surface area contributed by atoms with E-state index in [9.17, 15) is 22.8 Å². The molecule has 0 spiro atoms. The van der Waals surface area contributed by atoms with Gasteiger partial charge in [-0.2, -0.15) is 0 Å². The Morgan fingerprint density at radius 2 is 1.74 bits per heavy atom. The average Bonchev–Trinajstić information content (AvgIpc) is 2.31. The number of carboxylic acids is 1. The summed E-state index contributed by atoms with van der Waals surface area (Å²) in [4.78, 5) is 23.0. The average molecular weight is 276 g/mol. The molecule has 8 heteroatoms. The number of amides is 2. The van der Waals surface area contributed by atoms with E-state index in [4.69, 9.17) is 5.11 Å². The van der Waals surface area contributed by atoms with Crippen molar-refractivity contribution in [2.24, 2.45) is 0 Å². The largest absolute Gasteiger partial charge is 0.480 e. The van der Waals surface area contributed by atoms with Gasteiger partial charge in [0.1, 0.15) is 17.5 Å². The van der Waals surface area contributed by atoms with Gasteiger partial charge in [0.15, 0.2) is 11.6 Å². The van der Waals surface area contributed by atoms with Gasteiger partial charge in [-0.25, -0.2) is 22.8 Å². The fourth-order valence-corrected chi connectivity index (χ4v) is 1.20. The Labute approximate surface area is 106 Å². The van der Waals surface area contributed by atoms with Crippen molar-refractivity contribution in [2.45, 2.75) is 13.0 Å². The molecule has 5 nitrogen and oxygen atoms in total. The van der Waals surface area contributed by atoms with E-state index >= 15 is 0 Å². The molecule has 0 saturated heterocycles. The van der Waals surface area contributed by atoms with Crippen molar-refractivity contribution in [1.29, 1.82) is 0 Å². The SMILES string of the molecule is CC(C(=O)O)N(C)C(=O)Nc1c(F)cc(F)cc1F. The number of rotatable bonds is 3. The number of carboxylic acid groups (broad SMARTS) is 1. The van der Waals surface area contributed by atoms with E-state index in [0.717, 1.165) is 11.9 Å². The van der Waals surface area contributed by atoms with Crippen LogP contribution in [0.4, 0.5) is 23.7 Å². The minimum atomic E-state index is -1.29. The predicted octanol–water partition coefficient (Wildman–Crippen LogP) is 2.04. The van der Waals surface area contributed by atoms with Crippen LogP contribution in [0.3, 0.4) is 0 Å². The molecule has 0 radical (unpaired) electrons. The van der Waals surface area contributed by atoms with Crippen LogP contribution in [0.15, 0.2) is 12.1 Å². The van der Waals surface area contributed by atoms with E-state index in [1.54, 1.807) is 0 Å². The Kier molecular flexibility index (Phi) is 4.36. The van der Waals surface area contributed by atoms with Gasteiger partial charge in [0.2, 0.25) is 0 Å². The molecule has 0 saturated carbocycles. The molecule has 1 rings (SSSR count). The van der Waals surface area contributed by atoms with Gasteiger partial charge in [0.25, 0.3) is 0 Å². The lowest BCUT2D eigenvalue weighted by molar-refractivity contribution is -0.141. The number of carbonyl (C=O) groups is 2. The summed E-state index contributed by atoms with van der Waals surface area (Å²) in [6.45, 7) is 1.22. The maximum Gasteiger partial charge on any atom is 0.326 e. The Hall–Kier alpha value is -2.25. The lowest BCUT2D eigenvalue weighted by Crippen LogP contribution is -2.42. The first-order valence-corrected chi connectivity index (χ1v) is 5.15. The van der Waals surface area contributed by atoms with Gasteiger partial charge >= 0.3 is 12.0 Å². The van der Waals surface area contributed by atoms with Crippen LogP contribution in [0.2, 0.25) is 0 Å². The number of nitrogens with one attached hydrogen (secondary N) is 1. The molecular weight excluding hydrogens is 265 g/mol. The summed E-state index contributed by atoms with van der Waals surface area (Å²) in [6.07, 6.45) is 0. The van der Waals surface area contributed by atoms with Crippen LogP contribution in [0, 0.1) is 17.5 Å². The van der Waals surface area contributed by atoms with E-state index in [2.05, 4.69) is 0 Å². The van der Waals surface area contributed by atoms with Gasteiger partial charge in [-0.1, -0.05) is 0 Å². The number of halogens is 3. The Morgan fingerprint density at radius 3 is 2.16 bits per heavy atom. The van der Waals surface area contributed by atoms with Crippen molar-refractivity contribution in [3.63, 3.8) is 0 Å². The third kappa shape index (κ3) is 3.36. The lowest BCUT2D eigenvalue weighted by Gasteiger charge is -2.22. The van der Waals surface area contributed by atoms with Gasteiger partial charge in [0, 0.05) is 19.2 Å². The topological polar surface area (TPSA) is 69.6 Å². The number of benzene rings is 1. The fourth-order valence-electron chi connectivity index (χ4n) is 1.20. The maximum atomic E-state index is 13.3. The molecule has 1 aromatic carbocycles. The van der Waals surface area contributed by atoms with Crippen molar-refractivity contribution < 1.29 is 27.9 Å². The zero-order valence-electron chi connectivity index (χ0n) is 10.1. The van der Waals surface area contributed by atoms with Crippen molar-refractivity contribution in [3.05, 3.63) is 29.6 Å². The smallest absolute Gasteiger partial charge is 0.326 e. The zero-order chi connectivity index (χ0) is 14.7. The highest BCUT2D eigenvalue weighted by Crippen LogP contribution is 2.20. The number of anilines is 1. The van der Waals surface area contributed by atoms with Crippen LogP contribution in [-0.4, -0.2) is 35.1 Å². The molecule has 19 heavy (non-hydrogen) atoms. The molecule has 2 amide bonds. The minimum absolute atomic E-state index is 0.402. The van der Waals surface area contributed by atoms with Gasteiger partial charge in [0.05, 0.1) is 0 Å². The number of urea groups is 1. The summed E-state index contributed by atoms with van der Waals surface area (Å²) in [6, 6.07) is -1.41. The first kappa shape index (κ1) is 14.8. The van der Waals surface area contributed by atoms with Gasteiger partial charge in [-0.15, -0.1) is 0 Å². The summed E-state index contributed by atoms with van der Waals surface area (Å²) < 4.78 is 39.2. The summed E-state index contributed by atoms with van der Waals surface area (Å²) in [7, 11) is 1.15. The highest BCUT2D eigenvalue weighted by molar-refractivity contribution is 5.92. The van der Waals surface area contributed by atoms with E-state index < -0.39 is 41.2 Å². The molecule has 0 heterocycles. The zero-order valence-corrected chi connectivity index (χ0v) is 10.1. The van der Waals surface area contributed by atoms with E-state index in [-0.39, 0.29) is 0 Å². The Balaban J connectivity index is 2.92. The molecule has 2 N–H and O–H groups in total. The summed E-state index contributed by atoms with van der Waals surface area (Å²) in [5, 5.41) is 10.5. The van der Waals surface area contributed by atoms with Crippen LogP contribution in [0.25, 0.3) is 0 Å². The third-order valence-electron chi connectivity index (χ3n) is 2.50. The highest BCUT2D eigenvalue weighted by Gasteiger charge is 2.23. The van der Waals surface area contributed by atoms with Crippen molar-refractivity contribution >= 4 is 17.7 Å². The van der Waals surface area contributed by atoms with Crippen LogP contribution < -0.4 is 5.32 Å². The van der Waals surface area contributed by atoms with Gasteiger partial charge in [-0.3, -0.25) is 0 Å². The molecule has 0 fully saturated rings. The van der Waals surface area contributed by atoms with Crippen LogP contribution >= 0.6 is 0 Å². The normalized spacial score (nSPS) is 11.8. The Morgan fingerprint density at radius 1 is 1.26 bits per heavy atom. The molecule has 0 aromatic heterocycles. The van der Waals surface area contributed by atoms with Crippen molar-refractivity contribution in [2.75, 3.05) is 12.4 Å².